The molecule has 5 aromatic rings. The molecule has 0 amide bonds. The fraction of sp³-hybridized carbons (Fsp3) is 0. The van der Waals surface area contributed by atoms with Crippen molar-refractivity contribution in [3.05, 3.63) is 78.1 Å². The number of halogens is 1. The first-order valence-electron chi connectivity index (χ1n) is 9.05. The summed E-state index contributed by atoms with van der Waals surface area (Å²) in [5.74, 6) is 1.35. The van der Waals surface area contributed by atoms with Gasteiger partial charge in [0.05, 0.1) is 0 Å². The zero-order valence-electron chi connectivity index (χ0n) is 15.5. The number of H-pyrrole nitrogens is 1. The van der Waals surface area contributed by atoms with Crippen LogP contribution >= 0.6 is 23.4 Å². The molecular weight excluding hydrogens is 418 g/mol. The summed E-state index contributed by atoms with van der Waals surface area (Å²) in [4.78, 5) is 8.58. The molecule has 0 aliphatic rings. The minimum absolute atomic E-state index is 0.569. The van der Waals surface area contributed by atoms with Gasteiger partial charge in [0.25, 0.3) is 0 Å². The maximum atomic E-state index is 5.97. The van der Waals surface area contributed by atoms with E-state index in [0.717, 1.165) is 27.0 Å². The molecule has 0 aliphatic heterocycles. The molecule has 0 unspecified atom stereocenters. The van der Waals surface area contributed by atoms with Gasteiger partial charge in [0.2, 0.25) is 5.16 Å². The molecule has 0 radical (unpaired) electrons. The molecule has 0 bridgehead atoms. The Morgan fingerprint density at radius 2 is 1.63 bits per heavy atom. The van der Waals surface area contributed by atoms with Crippen molar-refractivity contribution in [3.63, 3.8) is 0 Å². The third-order valence-electron chi connectivity index (χ3n) is 4.37. The van der Waals surface area contributed by atoms with Crippen LogP contribution < -0.4 is 5.32 Å². The monoisotopic (exact) mass is 431 g/mol. The molecule has 146 valence electrons. The van der Waals surface area contributed by atoms with E-state index in [4.69, 9.17) is 11.6 Å². The minimum atomic E-state index is 0.569. The van der Waals surface area contributed by atoms with E-state index < -0.39 is 0 Å². The van der Waals surface area contributed by atoms with Crippen molar-refractivity contribution in [2.45, 2.75) is 10.2 Å². The van der Waals surface area contributed by atoms with Crippen molar-refractivity contribution in [1.82, 2.24) is 30.4 Å². The number of pyridine rings is 1. The molecule has 0 atom stereocenters. The normalized spacial score (nSPS) is 11.0. The lowest BCUT2D eigenvalue weighted by molar-refractivity contribution is 0.938. The lowest BCUT2D eigenvalue weighted by Gasteiger charge is -2.10. The SMILES string of the molecule is Clc1ccc(Nc2nnc(Sc3n[nH]c(-c4ccncc4)n3)c3ccccc23)cc1. The van der Waals surface area contributed by atoms with E-state index >= 15 is 0 Å². The summed E-state index contributed by atoms with van der Waals surface area (Å²) in [6, 6.07) is 19.2. The van der Waals surface area contributed by atoms with Crippen LogP contribution in [0.25, 0.3) is 22.2 Å². The molecular formula is C21H14ClN7S. The van der Waals surface area contributed by atoms with Crippen molar-refractivity contribution in [1.29, 1.82) is 0 Å². The average molecular weight is 432 g/mol. The van der Waals surface area contributed by atoms with Crippen molar-refractivity contribution in [2.24, 2.45) is 0 Å². The number of fused-ring (bicyclic) bond motifs is 1. The van der Waals surface area contributed by atoms with Gasteiger partial charge in [-0.3, -0.25) is 10.1 Å². The Hall–Kier alpha value is -3.49. The first-order chi connectivity index (χ1) is 14.8. The summed E-state index contributed by atoms with van der Waals surface area (Å²) in [7, 11) is 0. The van der Waals surface area contributed by atoms with E-state index in [1.54, 1.807) is 12.4 Å². The smallest absolute Gasteiger partial charge is 0.215 e. The maximum Gasteiger partial charge on any atom is 0.215 e. The standard InChI is InChI=1S/C21H14ClN7S/c22-14-5-7-15(8-6-14)24-19-16-3-1-2-4-17(16)20(28-27-19)30-21-25-18(26-29-21)13-9-11-23-12-10-13/h1-12H,(H,24,27)(H,25,26,29). The molecule has 0 aliphatic carbocycles. The summed E-state index contributed by atoms with van der Waals surface area (Å²) in [6.07, 6.45) is 3.44. The van der Waals surface area contributed by atoms with Crippen LogP contribution in [0.3, 0.4) is 0 Å². The van der Waals surface area contributed by atoms with Crippen LogP contribution in [0.4, 0.5) is 11.5 Å². The zero-order chi connectivity index (χ0) is 20.3. The first kappa shape index (κ1) is 18.5. The molecule has 5 rings (SSSR count). The lowest BCUT2D eigenvalue weighted by atomic mass is 10.2. The average Bonchev–Trinajstić information content (AvgIpc) is 3.26. The van der Waals surface area contributed by atoms with Crippen molar-refractivity contribution >= 4 is 45.6 Å². The molecule has 2 aromatic carbocycles. The fourth-order valence-corrected chi connectivity index (χ4v) is 3.83. The van der Waals surface area contributed by atoms with E-state index in [-0.39, 0.29) is 0 Å². The molecule has 0 saturated carbocycles. The van der Waals surface area contributed by atoms with E-state index in [9.17, 15) is 0 Å². The third kappa shape index (κ3) is 3.83. The summed E-state index contributed by atoms with van der Waals surface area (Å²) in [5.41, 5.74) is 1.80. The minimum Gasteiger partial charge on any atom is -0.338 e. The summed E-state index contributed by atoms with van der Waals surface area (Å²) >= 11 is 7.33. The van der Waals surface area contributed by atoms with Gasteiger partial charge in [-0.1, -0.05) is 35.9 Å². The van der Waals surface area contributed by atoms with Gasteiger partial charge in [-0.2, -0.15) is 0 Å². The Balaban J connectivity index is 1.46. The third-order valence-corrected chi connectivity index (χ3v) is 5.48. The van der Waals surface area contributed by atoms with Crippen molar-refractivity contribution in [2.75, 3.05) is 5.32 Å². The Labute approximate surface area is 181 Å². The summed E-state index contributed by atoms with van der Waals surface area (Å²) < 4.78 is 0. The van der Waals surface area contributed by atoms with Gasteiger partial charge in [-0.25, -0.2) is 4.98 Å². The van der Waals surface area contributed by atoms with Crippen LogP contribution in [0.1, 0.15) is 0 Å². The highest BCUT2D eigenvalue weighted by Crippen LogP contribution is 2.33. The van der Waals surface area contributed by atoms with Crippen molar-refractivity contribution < 1.29 is 0 Å². The van der Waals surface area contributed by atoms with Crippen LogP contribution in [-0.4, -0.2) is 30.4 Å². The predicted molar refractivity (Wildman–Crippen MR) is 118 cm³/mol. The van der Waals surface area contributed by atoms with Crippen LogP contribution in [-0.2, 0) is 0 Å². The number of aromatic nitrogens is 6. The number of rotatable bonds is 5. The van der Waals surface area contributed by atoms with E-state index in [2.05, 4.69) is 35.7 Å². The molecule has 0 fully saturated rings. The van der Waals surface area contributed by atoms with E-state index in [1.807, 2.05) is 60.7 Å². The van der Waals surface area contributed by atoms with Crippen LogP contribution in [0, 0.1) is 0 Å². The first-order valence-corrected chi connectivity index (χ1v) is 10.2. The van der Waals surface area contributed by atoms with Crippen LogP contribution in [0.5, 0.6) is 0 Å². The van der Waals surface area contributed by atoms with Gasteiger partial charge in [0, 0.05) is 39.4 Å². The number of nitrogens with one attached hydrogen (secondary N) is 2. The Morgan fingerprint density at radius 1 is 0.867 bits per heavy atom. The van der Waals surface area contributed by atoms with Crippen molar-refractivity contribution in [3.8, 4) is 11.4 Å². The fourth-order valence-electron chi connectivity index (χ4n) is 2.93. The summed E-state index contributed by atoms with van der Waals surface area (Å²) in [5, 5.41) is 23.3. The second-order valence-electron chi connectivity index (χ2n) is 6.34. The maximum absolute atomic E-state index is 5.97. The Kier molecular flexibility index (Phi) is 5.00. The number of hydrogen-bond acceptors (Lipinski definition) is 7. The highest BCUT2D eigenvalue weighted by Gasteiger charge is 2.14. The number of benzene rings is 2. The Morgan fingerprint density at radius 3 is 2.43 bits per heavy atom. The molecule has 3 aromatic heterocycles. The van der Waals surface area contributed by atoms with Gasteiger partial charge < -0.3 is 5.32 Å². The van der Waals surface area contributed by atoms with E-state index in [0.29, 0.717) is 21.8 Å². The number of aromatic amines is 1. The second-order valence-corrected chi connectivity index (χ2v) is 7.73. The molecule has 0 spiro atoms. The lowest BCUT2D eigenvalue weighted by Crippen LogP contribution is -1.98. The molecule has 30 heavy (non-hydrogen) atoms. The summed E-state index contributed by atoms with van der Waals surface area (Å²) in [6.45, 7) is 0. The van der Waals surface area contributed by atoms with E-state index in [1.165, 1.54) is 11.8 Å². The van der Waals surface area contributed by atoms with Crippen LogP contribution in [0.15, 0.2) is 83.2 Å². The van der Waals surface area contributed by atoms with Crippen LogP contribution in [0.2, 0.25) is 5.02 Å². The molecule has 2 N–H and O–H groups in total. The van der Waals surface area contributed by atoms with Gasteiger partial charge >= 0.3 is 0 Å². The number of nitrogens with zero attached hydrogens (tertiary/aromatic N) is 5. The zero-order valence-corrected chi connectivity index (χ0v) is 17.0. The molecule has 7 nitrogen and oxygen atoms in total. The predicted octanol–water partition coefficient (Wildman–Crippen LogP) is 5.36. The second kappa shape index (κ2) is 8.10. The van der Waals surface area contributed by atoms with Gasteiger partial charge in [0.15, 0.2) is 11.6 Å². The highest BCUT2D eigenvalue weighted by atomic mass is 35.5. The number of hydrogen-bond donors (Lipinski definition) is 2. The molecule has 9 heteroatoms. The topological polar surface area (TPSA) is 92.3 Å². The van der Waals surface area contributed by atoms with Gasteiger partial charge in [-0.15, -0.1) is 15.3 Å². The quantitative estimate of drug-likeness (QED) is 0.387. The molecule has 3 heterocycles. The van der Waals surface area contributed by atoms with Gasteiger partial charge in [0.1, 0.15) is 5.03 Å². The molecule has 0 saturated heterocycles. The number of anilines is 2. The van der Waals surface area contributed by atoms with Gasteiger partial charge in [-0.05, 0) is 48.2 Å². The largest absolute Gasteiger partial charge is 0.338 e. The Bertz CT molecular complexity index is 1310. The highest BCUT2D eigenvalue weighted by molar-refractivity contribution is 7.99.